The van der Waals surface area contributed by atoms with E-state index in [-0.39, 0.29) is 22.8 Å². The van der Waals surface area contributed by atoms with Crippen molar-refractivity contribution in [2.45, 2.75) is 17.8 Å². The monoisotopic (exact) mass is 450 g/mol. The number of aromatic carboxylic acids is 1. The second-order valence-electron chi connectivity index (χ2n) is 6.56. The summed E-state index contributed by atoms with van der Waals surface area (Å²) in [5.74, 6) is -2.30. The topological polar surface area (TPSA) is 102 Å². The molecule has 31 heavy (non-hydrogen) atoms. The zero-order valence-corrected chi connectivity index (χ0v) is 16.8. The maximum atomic E-state index is 12.9. The quantitative estimate of drug-likeness (QED) is 0.772. The van der Waals surface area contributed by atoms with Crippen molar-refractivity contribution in [3.63, 3.8) is 0 Å². The van der Waals surface area contributed by atoms with E-state index in [1.165, 1.54) is 48.3 Å². The molecule has 1 heterocycles. The van der Waals surface area contributed by atoms with Gasteiger partial charge in [0.25, 0.3) is 0 Å². The van der Waals surface area contributed by atoms with Gasteiger partial charge in [0.15, 0.2) is 5.17 Å². The van der Waals surface area contributed by atoms with Crippen LogP contribution in [-0.2, 0) is 15.8 Å². The number of amides is 2. The molecule has 1 aliphatic heterocycles. The molecule has 1 saturated heterocycles. The first kappa shape index (κ1) is 22.3. The van der Waals surface area contributed by atoms with Gasteiger partial charge in [0, 0.05) is 19.2 Å². The van der Waals surface area contributed by atoms with Crippen LogP contribution >= 0.6 is 11.8 Å². The number of halogens is 3. The number of carboxylic acid groups (broad SMARTS) is 1. The third-order valence-electron chi connectivity index (χ3n) is 4.35. The lowest BCUT2D eigenvalue weighted by Crippen LogP contribution is -2.43. The lowest BCUT2D eigenvalue weighted by Gasteiger charge is -2.28. The summed E-state index contributed by atoms with van der Waals surface area (Å²) in [5, 5.41) is 12.6. The third kappa shape index (κ3) is 5.43. The number of carboxylic acids is 1. The Labute approximate surface area is 179 Å². The fraction of sp³-hybridized carbons (Fsp3) is 0.200. The van der Waals surface area contributed by atoms with E-state index in [1.54, 1.807) is 0 Å². The van der Waals surface area contributed by atoms with Crippen LogP contribution in [0, 0.1) is 0 Å². The molecule has 1 atom stereocenters. The van der Waals surface area contributed by atoms with Gasteiger partial charge >= 0.3 is 6.18 Å². The van der Waals surface area contributed by atoms with Crippen molar-refractivity contribution in [3.05, 3.63) is 59.7 Å². The minimum atomic E-state index is -4.54. The normalized spacial score (nSPS) is 18.2. The number of aliphatic imine (C=N–C) groups is 1. The van der Waals surface area contributed by atoms with E-state index in [4.69, 9.17) is 0 Å². The van der Waals surface area contributed by atoms with Gasteiger partial charge in [-0.15, -0.1) is 0 Å². The van der Waals surface area contributed by atoms with Crippen molar-refractivity contribution < 1.29 is 32.7 Å². The summed E-state index contributed by atoms with van der Waals surface area (Å²) >= 11 is 0.945. The largest absolute Gasteiger partial charge is 0.545 e. The molecule has 0 saturated carbocycles. The van der Waals surface area contributed by atoms with Crippen LogP contribution in [-0.4, -0.2) is 40.1 Å². The zero-order chi connectivity index (χ0) is 22.8. The molecule has 0 unspecified atom stereocenters. The highest BCUT2D eigenvalue weighted by molar-refractivity contribution is 8.15. The van der Waals surface area contributed by atoms with E-state index in [9.17, 15) is 32.7 Å². The van der Waals surface area contributed by atoms with Crippen molar-refractivity contribution >= 4 is 46.1 Å². The summed E-state index contributed by atoms with van der Waals surface area (Å²) in [4.78, 5) is 41.0. The average molecular weight is 450 g/mol. The summed E-state index contributed by atoms with van der Waals surface area (Å²) in [6.45, 7) is 0. The second-order valence-corrected chi connectivity index (χ2v) is 7.73. The van der Waals surface area contributed by atoms with E-state index in [1.807, 2.05) is 0 Å². The highest BCUT2D eigenvalue weighted by Gasteiger charge is 2.34. The summed E-state index contributed by atoms with van der Waals surface area (Å²) in [6, 6.07) is 9.62. The Morgan fingerprint density at radius 2 is 1.87 bits per heavy atom. The predicted molar refractivity (Wildman–Crippen MR) is 107 cm³/mol. The number of amidine groups is 1. The molecule has 1 N–H and O–H groups in total. The maximum Gasteiger partial charge on any atom is 0.416 e. The molecule has 1 aliphatic rings. The van der Waals surface area contributed by atoms with E-state index < -0.39 is 34.8 Å². The smallest absolute Gasteiger partial charge is 0.416 e. The Balaban J connectivity index is 1.78. The first-order valence-corrected chi connectivity index (χ1v) is 9.74. The van der Waals surface area contributed by atoms with Gasteiger partial charge in [-0.1, -0.05) is 30.0 Å². The Morgan fingerprint density at radius 1 is 1.19 bits per heavy atom. The van der Waals surface area contributed by atoms with Crippen LogP contribution in [0.3, 0.4) is 0 Å². The van der Waals surface area contributed by atoms with Crippen LogP contribution in [0.1, 0.15) is 22.3 Å². The van der Waals surface area contributed by atoms with Crippen LogP contribution in [0.5, 0.6) is 0 Å². The number of nitrogens with zero attached hydrogens (tertiary/aromatic N) is 2. The molecule has 11 heteroatoms. The predicted octanol–water partition coefficient (Wildman–Crippen LogP) is 2.66. The maximum absolute atomic E-state index is 12.9. The molecule has 162 valence electrons. The molecule has 2 amide bonds. The highest BCUT2D eigenvalue weighted by atomic mass is 32.2. The number of alkyl halides is 3. The second kappa shape index (κ2) is 8.80. The van der Waals surface area contributed by atoms with Gasteiger partial charge in [-0.25, -0.2) is 4.99 Å². The number of thioether (sulfide) groups is 1. The van der Waals surface area contributed by atoms with E-state index in [2.05, 4.69) is 10.3 Å². The van der Waals surface area contributed by atoms with Crippen LogP contribution in [0.4, 0.5) is 24.5 Å². The zero-order valence-electron chi connectivity index (χ0n) is 16.0. The minimum absolute atomic E-state index is 0.00379. The van der Waals surface area contributed by atoms with Crippen molar-refractivity contribution in [2.24, 2.45) is 4.99 Å². The molecular weight excluding hydrogens is 435 g/mol. The molecule has 0 aromatic heterocycles. The van der Waals surface area contributed by atoms with Gasteiger partial charge in [-0.2, -0.15) is 13.2 Å². The molecule has 1 fully saturated rings. The fourth-order valence-electron chi connectivity index (χ4n) is 2.67. The summed E-state index contributed by atoms with van der Waals surface area (Å²) in [5.41, 5.74) is -0.620. The Hall–Kier alpha value is -3.34. The van der Waals surface area contributed by atoms with Crippen LogP contribution in [0.15, 0.2) is 53.5 Å². The number of benzene rings is 2. The standard InChI is InChI=1S/C20H16F3N3O4S/c1-26-16(27)10-15(17(28)24-13-7-5-11(6-8-13)18(29)30)31-19(26)25-14-4-2-3-12(9-14)20(21,22)23/h2-9,15H,10H2,1H3,(H,24,28)(H,29,30)/p-1/t15-/m1/s1. The first-order chi connectivity index (χ1) is 14.5. The van der Waals surface area contributed by atoms with Crippen LogP contribution in [0.2, 0.25) is 0 Å². The van der Waals surface area contributed by atoms with Crippen LogP contribution in [0.25, 0.3) is 0 Å². The molecule has 2 aromatic rings. The highest BCUT2D eigenvalue weighted by Crippen LogP contribution is 2.33. The number of carbonyl (C=O) groups excluding carboxylic acids is 3. The van der Waals surface area contributed by atoms with Crippen molar-refractivity contribution in [1.82, 2.24) is 4.90 Å². The lowest BCUT2D eigenvalue weighted by molar-refractivity contribution is -0.255. The fourth-order valence-corrected chi connectivity index (χ4v) is 3.74. The average Bonchev–Trinajstić information content (AvgIpc) is 2.71. The van der Waals surface area contributed by atoms with Crippen molar-refractivity contribution in [3.8, 4) is 0 Å². The molecular formula is C20H15F3N3O4S-. The van der Waals surface area contributed by atoms with Gasteiger partial charge < -0.3 is 15.2 Å². The first-order valence-electron chi connectivity index (χ1n) is 8.86. The molecule has 2 aromatic carbocycles. The number of hydrogen-bond acceptors (Lipinski definition) is 6. The van der Waals surface area contributed by atoms with Crippen LogP contribution < -0.4 is 10.4 Å². The number of hydrogen-bond donors (Lipinski definition) is 1. The Kier molecular flexibility index (Phi) is 6.34. The van der Waals surface area contributed by atoms with E-state index in [0.29, 0.717) is 5.69 Å². The molecule has 0 spiro atoms. The number of anilines is 1. The van der Waals surface area contributed by atoms with Gasteiger partial charge in [0.05, 0.1) is 17.2 Å². The number of nitrogens with one attached hydrogen (secondary N) is 1. The molecule has 0 bridgehead atoms. The van der Waals surface area contributed by atoms with Gasteiger partial charge in [-0.3, -0.25) is 14.5 Å². The summed E-state index contributed by atoms with van der Waals surface area (Å²) in [6.07, 6.45) is -4.67. The third-order valence-corrected chi connectivity index (χ3v) is 5.59. The van der Waals surface area contributed by atoms with Gasteiger partial charge in [0.2, 0.25) is 11.8 Å². The van der Waals surface area contributed by atoms with Gasteiger partial charge in [0.1, 0.15) is 5.25 Å². The molecule has 0 radical (unpaired) electrons. The van der Waals surface area contributed by atoms with E-state index >= 15 is 0 Å². The Bertz CT molecular complexity index is 1050. The van der Waals surface area contributed by atoms with Crippen molar-refractivity contribution in [1.29, 1.82) is 0 Å². The summed E-state index contributed by atoms with van der Waals surface area (Å²) < 4.78 is 38.8. The Morgan fingerprint density at radius 3 is 2.48 bits per heavy atom. The molecule has 7 nitrogen and oxygen atoms in total. The number of rotatable bonds is 4. The SMILES string of the molecule is CN1C(=O)C[C@H](C(=O)Nc2ccc(C(=O)[O-])cc2)SC1=Nc1cccc(C(F)(F)F)c1. The van der Waals surface area contributed by atoms with E-state index in [0.717, 1.165) is 23.9 Å². The van der Waals surface area contributed by atoms with Crippen molar-refractivity contribution in [2.75, 3.05) is 12.4 Å². The minimum Gasteiger partial charge on any atom is -0.545 e. The number of carbonyl (C=O) groups is 3. The summed E-state index contributed by atoms with van der Waals surface area (Å²) in [7, 11) is 1.43. The molecule has 0 aliphatic carbocycles. The molecule has 3 rings (SSSR count). The van der Waals surface area contributed by atoms with Gasteiger partial charge in [-0.05, 0) is 35.9 Å². The lowest BCUT2D eigenvalue weighted by atomic mass is 10.2.